The highest BCUT2D eigenvalue weighted by atomic mass is 32.2. The van der Waals surface area contributed by atoms with Crippen LogP contribution in [-0.2, 0) is 14.4 Å². The summed E-state index contributed by atoms with van der Waals surface area (Å²) in [7, 11) is 0. The van der Waals surface area contributed by atoms with E-state index in [-0.39, 0.29) is 17.4 Å². The zero-order valence-electron chi connectivity index (χ0n) is 13.4. The van der Waals surface area contributed by atoms with E-state index in [9.17, 15) is 19.5 Å². The highest BCUT2D eigenvalue weighted by Gasteiger charge is 2.54. The number of carbonyl (C=O) groups is 3. The molecular formula is C14H11N5O4S4. The van der Waals surface area contributed by atoms with E-state index >= 15 is 0 Å². The second-order valence-electron chi connectivity index (χ2n) is 5.11. The van der Waals surface area contributed by atoms with Crippen LogP contribution in [0.15, 0.2) is 32.5 Å². The van der Waals surface area contributed by atoms with Crippen LogP contribution in [0.5, 0.6) is 0 Å². The lowest BCUT2D eigenvalue weighted by Gasteiger charge is -2.49. The third-order valence-corrected chi connectivity index (χ3v) is 7.52. The first-order valence-corrected chi connectivity index (χ1v) is 11.0. The molecule has 2 aliphatic rings. The van der Waals surface area contributed by atoms with Gasteiger partial charge >= 0.3 is 5.97 Å². The molecule has 2 aliphatic heterocycles. The first kappa shape index (κ1) is 19.7. The Labute approximate surface area is 170 Å². The van der Waals surface area contributed by atoms with Gasteiger partial charge in [-0.15, -0.1) is 28.6 Å². The molecule has 0 aliphatic carbocycles. The Morgan fingerprint density at radius 1 is 1.56 bits per heavy atom. The molecule has 0 radical (unpaired) electrons. The van der Waals surface area contributed by atoms with Crippen molar-refractivity contribution < 1.29 is 19.5 Å². The molecule has 3 heterocycles. The van der Waals surface area contributed by atoms with Gasteiger partial charge in [-0.05, 0) is 16.9 Å². The van der Waals surface area contributed by atoms with Gasteiger partial charge in [-0.25, -0.2) is 4.79 Å². The zero-order valence-corrected chi connectivity index (χ0v) is 16.7. The SMILES string of the molecule is N#C/C=C\SCC(=O)N[C@@H]1C(=O)N2C(C(=O)O)=C(Sc3cnns3)CS[C@@H]12. The highest BCUT2D eigenvalue weighted by molar-refractivity contribution is 8.07. The summed E-state index contributed by atoms with van der Waals surface area (Å²) in [6.45, 7) is 0. The van der Waals surface area contributed by atoms with Gasteiger partial charge in [0.25, 0.3) is 5.91 Å². The number of amides is 2. The third-order valence-electron chi connectivity index (χ3n) is 3.47. The molecule has 1 aromatic rings. The molecule has 140 valence electrons. The Morgan fingerprint density at radius 3 is 3.04 bits per heavy atom. The first-order chi connectivity index (χ1) is 13.0. The Hall–Kier alpha value is -2.01. The van der Waals surface area contributed by atoms with Crippen molar-refractivity contribution in [1.29, 1.82) is 5.26 Å². The molecule has 27 heavy (non-hydrogen) atoms. The van der Waals surface area contributed by atoms with E-state index in [1.807, 2.05) is 6.07 Å². The van der Waals surface area contributed by atoms with Gasteiger partial charge in [0.1, 0.15) is 21.3 Å². The van der Waals surface area contributed by atoms with Crippen LogP contribution >= 0.6 is 46.8 Å². The predicted octanol–water partition coefficient (Wildman–Crippen LogP) is 1.10. The lowest BCUT2D eigenvalue weighted by molar-refractivity contribution is -0.150. The highest BCUT2D eigenvalue weighted by Crippen LogP contribution is 2.45. The number of carbonyl (C=O) groups excluding carboxylic acids is 2. The van der Waals surface area contributed by atoms with E-state index in [1.165, 1.54) is 46.1 Å². The molecule has 2 atom stereocenters. The first-order valence-electron chi connectivity index (χ1n) is 7.35. The number of nitrogens with one attached hydrogen (secondary N) is 1. The number of hydrogen-bond acceptors (Lipinski definition) is 10. The average Bonchev–Trinajstić information content (AvgIpc) is 3.15. The van der Waals surface area contributed by atoms with Crippen LogP contribution in [0.25, 0.3) is 0 Å². The number of thioether (sulfide) groups is 3. The van der Waals surface area contributed by atoms with Crippen molar-refractivity contribution >= 4 is 64.6 Å². The fraction of sp³-hybridized carbons (Fsp3) is 0.286. The minimum absolute atomic E-state index is 0.0565. The molecule has 0 bridgehead atoms. The quantitative estimate of drug-likeness (QED) is 0.467. The van der Waals surface area contributed by atoms with Crippen LogP contribution in [0.1, 0.15) is 0 Å². The molecule has 1 aromatic heterocycles. The smallest absolute Gasteiger partial charge is 0.353 e. The Morgan fingerprint density at radius 2 is 2.37 bits per heavy atom. The molecule has 0 aromatic carbocycles. The van der Waals surface area contributed by atoms with Gasteiger partial charge in [0, 0.05) is 16.7 Å². The molecule has 0 saturated carbocycles. The third kappa shape index (κ3) is 4.29. The second kappa shape index (κ2) is 8.79. The number of carboxylic acid groups (broad SMARTS) is 1. The number of nitriles is 1. The standard InChI is InChI=1S/C14H11N5O4S4/c15-2-1-3-24-6-8(20)17-10-12(21)19-11(14(22)23)7(5-25-13(10)19)26-9-4-16-18-27-9/h1,3-4,10,13H,5-6H2,(H,17,20)(H,22,23)/b3-1-/t10-,13+/m1/s1. The van der Waals surface area contributed by atoms with E-state index in [0.29, 0.717) is 10.7 Å². The molecule has 1 fully saturated rings. The van der Waals surface area contributed by atoms with Crippen LogP contribution in [0, 0.1) is 11.3 Å². The maximum Gasteiger partial charge on any atom is 0.353 e. The Balaban J connectivity index is 1.68. The van der Waals surface area contributed by atoms with Crippen LogP contribution < -0.4 is 5.32 Å². The van der Waals surface area contributed by atoms with Crippen molar-refractivity contribution in [3.8, 4) is 6.07 Å². The molecular weight excluding hydrogens is 430 g/mol. The molecule has 0 unspecified atom stereocenters. The van der Waals surface area contributed by atoms with Gasteiger partial charge in [0.2, 0.25) is 5.91 Å². The van der Waals surface area contributed by atoms with Crippen LogP contribution in [0.2, 0.25) is 0 Å². The van der Waals surface area contributed by atoms with E-state index in [2.05, 4.69) is 14.9 Å². The fourth-order valence-corrected chi connectivity index (χ4v) is 5.98. The van der Waals surface area contributed by atoms with Crippen molar-refractivity contribution in [2.24, 2.45) is 0 Å². The number of nitrogens with zero attached hydrogens (tertiary/aromatic N) is 4. The summed E-state index contributed by atoms with van der Waals surface area (Å²) in [5.41, 5.74) is -0.0565. The van der Waals surface area contributed by atoms with Crippen molar-refractivity contribution in [3.05, 3.63) is 28.3 Å². The number of aromatic nitrogens is 2. The van der Waals surface area contributed by atoms with Crippen LogP contribution in [0.3, 0.4) is 0 Å². The second-order valence-corrected chi connectivity index (χ2v) is 9.29. The van der Waals surface area contributed by atoms with Crippen molar-refractivity contribution in [2.75, 3.05) is 11.5 Å². The summed E-state index contributed by atoms with van der Waals surface area (Å²) in [6, 6.07) is 1.06. The number of carboxylic acids is 1. The number of fused-ring (bicyclic) bond motifs is 1. The molecule has 1 saturated heterocycles. The topological polar surface area (TPSA) is 136 Å². The Bertz CT molecular complexity index is 863. The lowest BCUT2D eigenvalue weighted by atomic mass is 10.1. The molecule has 3 rings (SSSR count). The van der Waals surface area contributed by atoms with E-state index < -0.39 is 23.3 Å². The molecule has 0 spiro atoms. The molecule has 2 N–H and O–H groups in total. The van der Waals surface area contributed by atoms with E-state index in [1.54, 1.807) is 0 Å². The maximum atomic E-state index is 12.5. The molecule has 9 nitrogen and oxygen atoms in total. The number of hydrogen-bond donors (Lipinski definition) is 2. The zero-order chi connectivity index (χ0) is 19.4. The Kier molecular flexibility index (Phi) is 6.42. The van der Waals surface area contributed by atoms with Crippen molar-refractivity contribution in [3.63, 3.8) is 0 Å². The van der Waals surface area contributed by atoms with Crippen molar-refractivity contribution in [1.82, 2.24) is 19.8 Å². The minimum atomic E-state index is -1.18. The number of aliphatic carboxylic acids is 1. The van der Waals surface area contributed by atoms with Gasteiger partial charge in [-0.2, -0.15) is 5.26 Å². The van der Waals surface area contributed by atoms with Gasteiger partial charge in [-0.1, -0.05) is 16.3 Å². The summed E-state index contributed by atoms with van der Waals surface area (Å²) < 4.78 is 4.48. The van der Waals surface area contributed by atoms with E-state index in [4.69, 9.17) is 5.26 Å². The van der Waals surface area contributed by atoms with Gasteiger partial charge < -0.3 is 10.4 Å². The van der Waals surface area contributed by atoms with Crippen molar-refractivity contribution in [2.45, 2.75) is 15.6 Å². The number of β-lactam (4-membered cyclic amide) rings is 1. The van der Waals surface area contributed by atoms with E-state index in [0.717, 1.165) is 27.5 Å². The summed E-state index contributed by atoms with van der Waals surface area (Å²) in [4.78, 5) is 37.9. The average molecular weight is 442 g/mol. The lowest BCUT2D eigenvalue weighted by Crippen LogP contribution is -2.70. The van der Waals surface area contributed by atoms with Crippen LogP contribution in [-0.4, -0.2) is 60.3 Å². The largest absolute Gasteiger partial charge is 0.477 e. The predicted molar refractivity (Wildman–Crippen MR) is 103 cm³/mol. The monoisotopic (exact) mass is 441 g/mol. The van der Waals surface area contributed by atoms with Gasteiger partial charge in [0.05, 0.1) is 18.0 Å². The van der Waals surface area contributed by atoms with Gasteiger partial charge in [-0.3, -0.25) is 14.5 Å². The minimum Gasteiger partial charge on any atom is -0.477 e. The summed E-state index contributed by atoms with van der Waals surface area (Å²) in [6.07, 6.45) is 2.80. The number of rotatable bonds is 7. The van der Waals surface area contributed by atoms with Gasteiger partial charge in [0.15, 0.2) is 0 Å². The fourth-order valence-electron chi connectivity index (χ4n) is 2.41. The number of allylic oxidation sites excluding steroid dienone is 1. The normalized spacial score (nSPS) is 21.6. The molecule has 13 heteroatoms. The summed E-state index contributed by atoms with van der Waals surface area (Å²) >= 11 is 4.92. The summed E-state index contributed by atoms with van der Waals surface area (Å²) in [5.74, 6) is -1.50. The molecule has 2 amide bonds. The maximum absolute atomic E-state index is 12.5. The summed E-state index contributed by atoms with van der Waals surface area (Å²) in [5, 5.41) is 25.4. The van der Waals surface area contributed by atoms with Crippen LogP contribution in [0.4, 0.5) is 0 Å².